The molecule has 0 atom stereocenters. The van der Waals surface area contributed by atoms with Gasteiger partial charge < -0.3 is 20.4 Å². The van der Waals surface area contributed by atoms with E-state index in [1.807, 2.05) is 13.8 Å². The summed E-state index contributed by atoms with van der Waals surface area (Å²) in [5, 5.41) is 11.4. The number of rotatable bonds is 6. The Morgan fingerprint density at radius 3 is 2.47 bits per heavy atom. The summed E-state index contributed by atoms with van der Waals surface area (Å²) in [7, 11) is 0. The van der Waals surface area contributed by atoms with Gasteiger partial charge >= 0.3 is 0 Å². The van der Waals surface area contributed by atoms with Crippen molar-refractivity contribution in [3.8, 4) is 5.75 Å². The van der Waals surface area contributed by atoms with Gasteiger partial charge in [-0.1, -0.05) is 5.16 Å². The maximum absolute atomic E-state index is 8.50. The van der Waals surface area contributed by atoms with Crippen LogP contribution in [0.15, 0.2) is 29.4 Å². The first-order chi connectivity index (χ1) is 8.13. The molecule has 94 valence electrons. The molecule has 0 aromatic heterocycles. The molecule has 1 aromatic carbocycles. The van der Waals surface area contributed by atoms with Crippen LogP contribution in [0, 0.1) is 0 Å². The lowest BCUT2D eigenvalue weighted by molar-refractivity contribution is 0.0553. The maximum Gasteiger partial charge on any atom is 0.170 e. The van der Waals surface area contributed by atoms with E-state index in [4.69, 9.17) is 20.4 Å². The molecule has 1 aromatic rings. The molecule has 0 aliphatic rings. The molecule has 0 heterocycles. The number of nitrogens with two attached hydrogens (primary N) is 1. The van der Waals surface area contributed by atoms with Gasteiger partial charge in [-0.3, -0.25) is 0 Å². The van der Waals surface area contributed by atoms with Crippen molar-refractivity contribution in [3.63, 3.8) is 0 Å². The first-order valence-electron chi connectivity index (χ1n) is 5.46. The number of oxime groups is 1. The average Bonchev–Trinajstić information content (AvgIpc) is 2.34. The number of hydrogen-bond donors (Lipinski definition) is 2. The lowest BCUT2D eigenvalue weighted by atomic mass is 10.2. The summed E-state index contributed by atoms with van der Waals surface area (Å²) in [4.78, 5) is 0. The molecule has 0 aliphatic heterocycles. The van der Waals surface area contributed by atoms with Gasteiger partial charge in [0, 0.05) is 5.56 Å². The molecule has 0 radical (unpaired) electrons. The van der Waals surface area contributed by atoms with Crippen molar-refractivity contribution < 1.29 is 14.7 Å². The Kier molecular flexibility index (Phi) is 5.29. The van der Waals surface area contributed by atoms with Gasteiger partial charge in [-0.05, 0) is 38.1 Å². The van der Waals surface area contributed by atoms with Crippen LogP contribution in [0.1, 0.15) is 19.4 Å². The highest BCUT2D eigenvalue weighted by Crippen LogP contribution is 2.11. The first kappa shape index (κ1) is 13.3. The van der Waals surface area contributed by atoms with Crippen LogP contribution in [0.4, 0.5) is 0 Å². The van der Waals surface area contributed by atoms with Gasteiger partial charge in [0.1, 0.15) is 12.4 Å². The number of nitrogens with zero attached hydrogens (tertiary/aromatic N) is 1. The predicted molar refractivity (Wildman–Crippen MR) is 65.5 cm³/mol. The topological polar surface area (TPSA) is 77.1 Å². The zero-order valence-corrected chi connectivity index (χ0v) is 10.1. The van der Waals surface area contributed by atoms with Crippen LogP contribution in [0.2, 0.25) is 0 Å². The van der Waals surface area contributed by atoms with E-state index in [1.165, 1.54) is 0 Å². The molecule has 1 rings (SSSR count). The Bertz CT molecular complexity index is 361. The maximum atomic E-state index is 8.50. The van der Waals surface area contributed by atoms with Crippen molar-refractivity contribution in [1.82, 2.24) is 0 Å². The normalized spacial score (nSPS) is 11.8. The van der Waals surface area contributed by atoms with Crippen LogP contribution < -0.4 is 10.5 Å². The standard InChI is InChI=1S/C12H18N2O3/c1-9(2)16-7-8-17-11-5-3-10(4-6-11)12(13)14-15/h3-6,9,15H,7-8H2,1-2H3,(H2,13,14). The lowest BCUT2D eigenvalue weighted by Gasteiger charge is -2.09. The zero-order chi connectivity index (χ0) is 12.7. The second kappa shape index (κ2) is 6.75. The molecule has 5 nitrogen and oxygen atoms in total. The number of benzene rings is 1. The minimum Gasteiger partial charge on any atom is -0.491 e. The van der Waals surface area contributed by atoms with Crippen molar-refractivity contribution in [2.45, 2.75) is 20.0 Å². The quantitative estimate of drug-likeness (QED) is 0.259. The van der Waals surface area contributed by atoms with E-state index in [-0.39, 0.29) is 11.9 Å². The largest absolute Gasteiger partial charge is 0.491 e. The molecule has 0 amide bonds. The SMILES string of the molecule is CC(C)OCCOc1ccc(/C(N)=N/O)cc1. The van der Waals surface area contributed by atoms with Gasteiger partial charge in [0.15, 0.2) is 5.84 Å². The third-order valence-corrected chi connectivity index (χ3v) is 2.06. The van der Waals surface area contributed by atoms with Crippen molar-refractivity contribution in [2.24, 2.45) is 10.9 Å². The Morgan fingerprint density at radius 1 is 1.29 bits per heavy atom. The summed E-state index contributed by atoms with van der Waals surface area (Å²) < 4.78 is 10.8. The highest BCUT2D eigenvalue weighted by molar-refractivity contribution is 5.97. The number of amidine groups is 1. The van der Waals surface area contributed by atoms with E-state index in [1.54, 1.807) is 24.3 Å². The van der Waals surface area contributed by atoms with Crippen LogP contribution in [0.5, 0.6) is 5.75 Å². The molecule has 0 aliphatic carbocycles. The van der Waals surface area contributed by atoms with Gasteiger partial charge in [0.05, 0.1) is 12.7 Å². The van der Waals surface area contributed by atoms with Crippen LogP contribution in [0.3, 0.4) is 0 Å². The molecule has 0 saturated heterocycles. The Labute approximate surface area is 101 Å². The third-order valence-electron chi connectivity index (χ3n) is 2.06. The van der Waals surface area contributed by atoms with E-state index in [9.17, 15) is 0 Å². The van der Waals surface area contributed by atoms with Crippen molar-refractivity contribution in [3.05, 3.63) is 29.8 Å². The molecular weight excluding hydrogens is 220 g/mol. The summed E-state index contributed by atoms with van der Waals surface area (Å²) in [6.45, 7) is 5.01. The van der Waals surface area contributed by atoms with E-state index in [0.717, 1.165) is 5.75 Å². The fraction of sp³-hybridized carbons (Fsp3) is 0.417. The third kappa shape index (κ3) is 4.74. The van der Waals surface area contributed by atoms with Gasteiger partial charge in [0.2, 0.25) is 0 Å². The van der Waals surface area contributed by atoms with Crippen LogP contribution in [-0.4, -0.2) is 30.4 Å². The molecular formula is C12H18N2O3. The van der Waals surface area contributed by atoms with Gasteiger partial charge in [-0.25, -0.2) is 0 Å². The lowest BCUT2D eigenvalue weighted by Crippen LogP contribution is -2.13. The van der Waals surface area contributed by atoms with E-state index < -0.39 is 0 Å². The van der Waals surface area contributed by atoms with Crippen LogP contribution >= 0.6 is 0 Å². The monoisotopic (exact) mass is 238 g/mol. The summed E-state index contributed by atoms with van der Waals surface area (Å²) in [5.74, 6) is 0.812. The van der Waals surface area contributed by atoms with E-state index in [0.29, 0.717) is 18.8 Å². The van der Waals surface area contributed by atoms with E-state index in [2.05, 4.69) is 5.16 Å². The average molecular weight is 238 g/mol. The van der Waals surface area contributed by atoms with Crippen LogP contribution in [-0.2, 0) is 4.74 Å². The molecule has 17 heavy (non-hydrogen) atoms. The molecule has 0 unspecified atom stereocenters. The fourth-order valence-corrected chi connectivity index (χ4v) is 1.22. The molecule has 0 saturated carbocycles. The Morgan fingerprint density at radius 2 is 1.94 bits per heavy atom. The summed E-state index contributed by atoms with van der Waals surface area (Å²) >= 11 is 0. The highest BCUT2D eigenvalue weighted by atomic mass is 16.5. The smallest absolute Gasteiger partial charge is 0.170 e. The molecule has 0 bridgehead atoms. The number of ether oxygens (including phenoxy) is 2. The highest BCUT2D eigenvalue weighted by Gasteiger charge is 2.00. The molecule has 0 spiro atoms. The zero-order valence-electron chi connectivity index (χ0n) is 10.1. The molecule has 5 heteroatoms. The van der Waals surface area contributed by atoms with Crippen molar-refractivity contribution in [2.75, 3.05) is 13.2 Å². The van der Waals surface area contributed by atoms with Gasteiger partial charge in [-0.2, -0.15) is 0 Å². The Balaban J connectivity index is 2.41. The summed E-state index contributed by atoms with van der Waals surface area (Å²) in [5.41, 5.74) is 6.09. The van der Waals surface area contributed by atoms with Crippen LogP contribution in [0.25, 0.3) is 0 Å². The van der Waals surface area contributed by atoms with Gasteiger partial charge in [0.25, 0.3) is 0 Å². The molecule has 3 N–H and O–H groups in total. The van der Waals surface area contributed by atoms with Crippen molar-refractivity contribution >= 4 is 5.84 Å². The second-order valence-electron chi connectivity index (χ2n) is 3.78. The summed E-state index contributed by atoms with van der Waals surface area (Å²) in [6.07, 6.45) is 0.210. The Hall–Kier alpha value is -1.75. The minimum atomic E-state index is 0.0830. The predicted octanol–water partition coefficient (Wildman–Crippen LogP) is 1.58. The number of hydrogen-bond acceptors (Lipinski definition) is 4. The van der Waals surface area contributed by atoms with Gasteiger partial charge in [-0.15, -0.1) is 0 Å². The van der Waals surface area contributed by atoms with E-state index >= 15 is 0 Å². The fourth-order valence-electron chi connectivity index (χ4n) is 1.22. The molecule has 0 fully saturated rings. The minimum absolute atomic E-state index is 0.0830. The second-order valence-corrected chi connectivity index (χ2v) is 3.78. The van der Waals surface area contributed by atoms with Crippen molar-refractivity contribution in [1.29, 1.82) is 0 Å². The first-order valence-corrected chi connectivity index (χ1v) is 5.46. The summed E-state index contributed by atoms with van der Waals surface area (Å²) in [6, 6.07) is 6.99.